The van der Waals surface area contributed by atoms with Gasteiger partial charge in [-0.3, -0.25) is 4.90 Å². The summed E-state index contributed by atoms with van der Waals surface area (Å²) in [7, 11) is 2.02. The van der Waals surface area contributed by atoms with Gasteiger partial charge in [0.2, 0.25) is 11.7 Å². The molecule has 1 aliphatic heterocycles. The van der Waals surface area contributed by atoms with Gasteiger partial charge in [-0.2, -0.15) is 4.98 Å². The molecule has 120 valence electrons. The van der Waals surface area contributed by atoms with Gasteiger partial charge in [-0.05, 0) is 32.0 Å². The predicted molar refractivity (Wildman–Crippen MR) is 89.4 cm³/mol. The lowest BCUT2D eigenvalue weighted by atomic mass is 10.1. The fraction of sp³-hybridized carbons (Fsp3) is 0.467. The Morgan fingerprint density at radius 1 is 1.36 bits per heavy atom. The summed E-state index contributed by atoms with van der Waals surface area (Å²) in [6.07, 6.45) is 2.32. The Morgan fingerprint density at radius 2 is 2.14 bits per heavy atom. The lowest BCUT2D eigenvalue weighted by molar-refractivity contribution is 0.173. The average Bonchev–Trinajstić information content (AvgIpc) is 2.97. The van der Waals surface area contributed by atoms with Gasteiger partial charge in [0.25, 0.3) is 0 Å². The normalized spacial score (nSPS) is 16.5. The molecule has 0 unspecified atom stereocenters. The van der Waals surface area contributed by atoms with Crippen molar-refractivity contribution in [3.05, 3.63) is 35.2 Å². The fourth-order valence-corrected chi connectivity index (χ4v) is 2.83. The predicted octanol–water partition coefficient (Wildman–Crippen LogP) is 3.00. The minimum atomic E-state index is 0. The van der Waals surface area contributed by atoms with Crippen LogP contribution in [0.5, 0.6) is 0 Å². The van der Waals surface area contributed by atoms with Crippen molar-refractivity contribution in [1.82, 2.24) is 20.4 Å². The first-order valence-electron chi connectivity index (χ1n) is 7.23. The van der Waals surface area contributed by atoms with Crippen molar-refractivity contribution >= 4 is 24.0 Å². The van der Waals surface area contributed by atoms with E-state index in [1.807, 2.05) is 31.3 Å². The molecule has 1 aromatic carbocycles. The topological polar surface area (TPSA) is 54.2 Å². The smallest absolute Gasteiger partial charge is 0.241 e. The van der Waals surface area contributed by atoms with Crippen molar-refractivity contribution in [1.29, 1.82) is 0 Å². The number of piperidine rings is 1. The minimum absolute atomic E-state index is 0. The molecule has 22 heavy (non-hydrogen) atoms. The van der Waals surface area contributed by atoms with Crippen LogP contribution in [0.1, 0.15) is 18.7 Å². The first-order chi connectivity index (χ1) is 10.2. The Morgan fingerprint density at radius 3 is 2.82 bits per heavy atom. The first kappa shape index (κ1) is 17.2. The molecule has 0 atom stereocenters. The van der Waals surface area contributed by atoms with Crippen LogP contribution in [0.2, 0.25) is 5.02 Å². The van der Waals surface area contributed by atoms with Crippen LogP contribution in [-0.4, -0.2) is 41.2 Å². The zero-order chi connectivity index (χ0) is 14.7. The van der Waals surface area contributed by atoms with E-state index in [1.54, 1.807) is 0 Å². The molecule has 1 N–H and O–H groups in total. The lowest BCUT2D eigenvalue weighted by Gasteiger charge is -2.30. The van der Waals surface area contributed by atoms with Crippen LogP contribution >= 0.6 is 24.0 Å². The largest absolute Gasteiger partial charge is 0.338 e. The molecule has 1 aromatic heterocycles. The molecule has 5 nitrogen and oxygen atoms in total. The van der Waals surface area contributed by atoms with Gasteiger partial charge in [-0.15, -0.1) is 12.4 Å². The third-order valence-electron chi connectivity index (χ3n) is 3.91. The van der Waals surface area contributed by atoms with Crippen molar-refractivity contribution in [2.45, 2.75) is 25.4 Å². The van der Waals surface area contributed by atoms with Crippen molar-refractivity contribution in [2.75, 3.05) is 20.1 Å². The minimum Gasteiger partial charge on any atom is -0.338 e. The van der Waals surface area contributed by atoms with Crippen molar-refractivity contribution in [3.63, 3.8) is 0 Å². The molecular weight excluding hydrogens is 323 g/mol. The van der Waals surface area contributed by atoms with Crippen LogP contribution < -0.4 is 5.32 Å². The van der Waals surface area contributed by atoms with Crippen molar-refractivity contribution < 1.29 is 4.52 Å². The Bertz CT molecular complexity index is 597. The summed E-state index contributed by atoms with van der Waals surface area (Å²) in [5, 5.41) is 8.04. The summed E-state index contributed by atoms with van der Waals surface area (Å²) in [5.41, 5.74) is 0.881. The van der Waals surface area contributed by atoms with Crippen LogP contribution in [0.15, 0.2) is 28.8 Å². The summed E-state index contributed by atoms with van der Waals surface area (Å²) < 4.78 is 5.35. The lowest BCUT2D eigenvalue weighted by Crippen LogP contribution is -2.40. The van der Waals surface area contributed by atoms with Crippen molar-refractivity contribution in [3.8, 4) is 11.4 Å². The number of hydrogen-bond acceptors (Lipinski definition) is 5. The second-order valence-electron chi connectivity index (χ2n) is 5.36. The number of hydrogen-bond donors (Lipinski definition) is 1. The van der Waals surface area contributed by atoms with Gasteiger partial charge in [0.05, 0.1) is 6.54 Å². The Labute approximate surface area is 141 Å². The zero-order valence-electron chi connectivity index (χ0n) is 12.5. The molecule has 7 heteroatoms. The van der Waals surface area contributed by atoms with Crippen molar-refractivity contribution in [2.24, 2.45) is 0 Å². The third kappa shape index (κ3) is 4.20. The van der Waals surface area contributed by atoms with E-state index in [9.17, 15) is 0 Å². The summed E-state index contributed by atoms with van der Waals surface area (Å²) in [6, 6.07) is 8.12. The summed E-state index contributed by atoms with van der Waals surface area (Å²) in [4.78, 5) is 6.81. The molecule has 0 saturated carbocycles. The summed E-state index contributed by atoms with van der Waals surface area (Å²) >= 11 is 5.98. The van der Waals surface area contributed by atoms with Crippen LogP contribution in [0, 0.1) is 0 Å². The molecule has 3 rings (SSSR count). The van der Waals surface area contributed by atoms with Gasteiger partial charge in [-0.1, -0.05) is 28.9 Å². The van der Waals surface area contributed by atoms with Crippen LogP contribution in [-0.2, 0) is 6.54 Å². The van der Waals surface area contributed by atoms with E-state index in [-0.39, 0.29) is 12.4 Å². The second kappa shape index (κ2) is 7.92. The van der Waals surface area contributed by atoms with E-state index in [0.717, 1.165) is 31.5 Å². The van der Waals surface area contributed by atoms with E-state index < -0.39 is 0 Å². The SMILES string of the molecule is CNC1CCN(Cc2nc(-c3cccc(Cl)c3)no2)CC1.Cl. The highest BCUT2D eigenvalue weighted by atomic mass is 35.5. The van der Waals surface area contributed by atoms with Crippen LogP contribution in [0.3, 0.4) is 0 Å². The molecule has 2 aromatic rings. The molecule has 0 aliphatic carbocycles. The third-order valence-corrected chi connectivity index (χ3v) is 4.14. The standard InChI is InChI=1S/C15H19ClN4O.ClH/c1-17-13-5-7-20(8-6-13)10-14-18-15(19-21-14)11-3-2-4-12(16)9-11;/h2-4,9,13,17H,5-8,10H2,1H3;1H. The zero-order valence-corrected chi connectivity index (χ0v) is 14.0. The maximum absolute atomic E-state index is 5.98. The average molecular weight is 343 g/mol. The van der Waals surface area contributed by atoms with Gasteiger partial charge < -0.3 is 9.84 Å². The van der Waals surface area contributed by atoms with E-state index >= 15 is 0 Å². The molecule has 2 heterocycles. The van der Waals surface area contributed by atoms with Gasteiger partial charge >= 0.3 is 0 Å². The molecule has 0 radical (unpaired) electrons. The fourth-order valence-electron chi connectivity index (χ4n) is 2.63. The molecule has 1 saturated heterocycles. The van der Waals surface area contributed by atoms with Gasteiger partial charge in [0.1, 0.15) is 0 Å². The molecule has 1 fully saturated rings. The summed E-state index contributed by atoms with van der Waals surface area (Å²) in [6.45, 7) is 2.82. The van der Waals surface area contributed by atoms with Gasteiger partial charge in [0.15, 0.2) is 0 Å². The highest BCUT2D eigenvalue weighted by Crippen LogP contribution is 2.20. The first-order valence-corrected chi connectivity index (χ1v) is 7.60. The van der Waals surface area contributed by atoms with E-state index in [1.165, 1.54) is 0 Å². The van der Waals surface area contributed by atoms with E-state index in [4.69, 9.17) is 16.1 Å². The number of halogens is 2. The number of aromatic nitrogens is 2. The maximum atomic E-state index is 5.98. The molecule has 0 spiro atoms. The second-order valence-corrected chi connectivity index (χ2v) is 5.80. The molecule has 1 aliphatic rings. The molecule has 0 bridgehead atoms. The quantitative estimate of drug-likeness (QED) is 0.925. The van der Waals surface area contributed by atoms with Gasteiger partial charge in [-0.25, -0.2) is 0 Å². The Hall–Kier alpha value is -1.14. The number of nitrogens with one attached hydrogen (secondary N) is 1. The monoisotopic (exact) mass is 342 g/mol. The Balaban J connectivity index is 0.00000176. The van der Waals surface area contributed by atoms with Crippen LogP contribution in [0.4, 0.5) is 0 Å². The number of benzene rings is 1. The number of likely N-dealkylation sites (tertiary alicyclic amines) is 1. The van der Waals surface area contributed by atoms with E-state index in [2.05, 4.69) is 20.4 Å². The van der Waals surface area contributed by atoms with Crippen LogP contribution in [0.25, 0.3) is 11.4 Å². The number of nitrogens with zero attached hydrogens (tertiary/aromatic N) is 3. The highest BCUT2D eigenvalue weighted by molar-refractivity contribution is 6.30. The maximum Gasteiger partial charge on any atom is 0.241 e. The Kier molecular flexibility index (Phi) is 6.20. The van der Waals surface area contributed by atoms with E-state index in [0.29, 0.717) is 29.3 Å². The number of rotatable bonds is 4. The molecular formula is C15H20Cl2N4O. The highest BCUT2D eigenvalue weighted by Gasteiger charge is 2.20. The molecule has 0 amide bonds. The van der Waals surface area contributed by atoms with Gasteiger partial charge in [0, 0.05) is 29.7 Å². The summed E-state index contributed by atoms with van der Waals surface area (Å²) in [5.74, 6) is 1.26.